The molecule has 0 aliphatic carbocycles. The monoisotopic (exact) mass is 466 g/mol. The Morgan fingerprint density at radius 3 is 2.68 bits per heavy atom. The molecule has 9 heteroatoms. The summed E-state index contributed by atoms with van der Waals surface area (Å²) >= 11 is 6.08. The summed E-state index contributed by atoms with van der Waals surface area (Å²) in [5.74, 6) is 0.581. The van der Waals surface area contributed by atoms with E-state index in [9.17, 15) is 13.2 Å². The second-order valence-electron chi connectivity index (χ2n) is 7.96. The number of hydrogen-bond donors (Lipinski definition) is 1. The first-order valence-corrected chi connectivity index (χ1v) is 11.8. The number of halogens is 1. The molecule has 1 saturated heterocycles. The van der Waals surface area contributed by atoms with Crippen LogP contribution in [0.15, 0.2) is 47.4 Å². The fraction of sp³-hybridized carbons (Fsp3) is 0.409. The van der Waals surface area contributed by atoms with E-state index in [4.69, 9.17) is 26.8 Å². The van der Waals surface area contributed by atoms with Gasteiger partial charge in [-0.1, -0.05) is 17.7 Å². The average Bonchev–Trinajstić information content (AvgIpc) is 2.74. The molecule has 31 heavy (non-hydrogen) atoms. The zero-order valence-electron chi connectivity index (χ0n) is 17.6. The molecular formula is C22H27ClN2O5S. The smallest absolute Gasteiger partial charge is 0.243 e. The van der Waals surface area contributed by atoms with Crippen LogP contribution in [0.3, 0.4) is 0 Å². The topological polar surface area (TPSA) is 98.9 Å². The summed E-state index contributed by atoms with van der Waals surface area (Å²) in [4.78, 5) is 12.0. The second kappa shape index (κ2) is 9.46. The number of sulfonamides is 1. The van der Waals surface area contributed by atoms with Gasteiger partial charge in [0, 0.05) is 36.0 Å². The van der Waals surface area contributed by atoms with Crippen LogP contribution in [0.1, 0.15) is 24.8 Å². The lowest BCUT2D eigenvalue weighted by atomic mass is 9.78. The minimum absolute atomic E-state index is 0.0315. The number of benzene rings is 2. The van der Waals surface area contributed by atoms with Gasteiger partial charge in [-0.25, -0.2) is 8.42 Å². The Morgan fingerprint density at radius 1 is 1.23 bits per heavy atom. The fourth-order valence-corrected chi connectivity index (χ4v) is 5.65. The van der Waals surface area contributed by atoms with E-state index in [1.54, 1.807) is 24.3 Å². The van der Waals surface area contributed by atoms with Crippen LogP contribution < -0.4 is 15.2 Å². The van der Waals surface area contributed by atoms with Crippen LogP contribution in [-0.4, -0.2) is 45.4 Å². The van der Waals surface area contributed by atoms with Gasteiger partial charge in [-0.15, -0.1) is 0 Å². The molecule has 1 heterocycles. The molecule has 0 radical (unpaired) electrons. The van der Waals surface area contributed by atoms with Crippen molar-refractivity contribution in [2.45, 2.75) is 31.1 Å². The zero-order chi connectivity index (χ0) is 22.6. The number of rotatable bonds is 8. The van der Waals surface area contributed by atoms with Crippen molar-refractivity contribution in [3.63, 3.8) is 0 Å². The zero-order valence-corrected chi connectivity index (χ0v) is 19.2. The van der Waals surface area contributed by atoms with Gasteiger partial charge in [0.15, 0.2) is 0 Å². The highest BCUT2D eigenvalue weighted by Crippen LogP contribution is 2.37. The van der Waals surface area contributed by atoms with E-state index >= 15 is 0 Å². The third-order valence-electron chi connectivity index (χ3n) is 5.53. The van der Waals surface area contributed by atoms with Crippen LogP contribution in [0.2, 0.25) is 5.02 Å². The third-order valence-corrected chi connectivity index (χ3v) is 7.79. The molecule has 1 amide bonds. The van der Waals surface area contributed by atoms with Gasteiger partial charge in [0.1, 0.15) is 11.5 Å². The van der Waals surface area contributed by atoms with Gasteiger partial charge in [0.25, 0.3) is 0 Å². The van der Waals surface area contributed by atoms with Crippen molar-refractivity contribution in [2.24, 2.45) is 11.1 Å². The van der Waals surface area contributed by atoms with Crippen LogP contribution >= 0.6 is 11.6 Å². The number of hydrogen-bond acceptors (Lipinski definition) is 5. The van der Waals surface area contributed by atoms with Crippen LogP contribution in [0, 0.1) is 12.3 Å². The minimum atomic E-state index is -3.77. The van der Waals surface area contributed by atoms with E-state index in [1.165, 1.54) is 23.5 Å². The molecular weight excluding hydrogens is 440 g/mol. The number of nitrogens with two attached hydrogens (primary N) is 1. The fourth-order valence-electron chi connectivity index (χ4n) is 3.90. The van der Waals surface area contributed by atoms with Crippen LogP contribution in [0.5, 0.6) is 11.5 Å². The summed E-state index contributed by atoms with van der Waals surface area (Å²) in [5.41, 5.74) is 5.68. The molecule has 1 aliphatic heterocycles. The van der Waals surface area contributed by atoms with E-state index in [-0.39, 0.29) is 24.5 Å². The Morgan fingerprint density at radius 2 is 2.00 bits per heavy atom. The number of carbonyl (C=O) groups excluding carboxylic acids is 1. The van der Waals surface area contributed by atoms with Crippen molar-refractivity contribution in [3.05, 3.63) is 53.1 Å². The van der Waals surface area contributed by atoms with Gasteiger partial charge in [-0.3, -0.25) is 4.79 Å². The Hall–Kier alpha value is -2.29. The largest absolute Gasteiger partial charge is 0.497 e. The molecule has 0 unspecified atom stereocenters. The highest BCUT2D eigenvalue weighted by molar-refractivity contribution is 7.89. The molecule has 0 aromatic heterocycles. The Labute approximate surface area is 188 Å². The summed E-state index contributed by atoms with van der Waals surface area (Å²) in [6.07, 6.45) is 1.26. The van der Waals surface area contributed by atoms with E-state index < -0.39 is 21.3 Å². The van der Waals surface area contributed by atoms with Crippen LogP contribution in [-0.2, 0) is 14.8 Å². The number of aryl methyl sites for hydroxylation is 1. The van der Waals surface area contributed by atoms with Gasteiger partial charge in [0.05, 0.1) is 18.6 Å². The molecule has 1 aliphatic rings. The minimum Gasteiger partial charge on any atom is -0.497 e. The molecule has 0 bridgehead atoms. The predicted octanol–water partition coefficient (Wildman–Crippen LogP) is 3.38. The Bertz CT molecular complexity index is 1060. The maximum atomic E-state index is 13.3. The lowest BCUT2D eigenvalue weighted by molar-refractivity contribution is -0.121. The summed E-state index contributed by atoms with van der Waals surface area (Å²) in [5, 5.41) is 0.632. The van der Waals surface area contributed by atoms with Gasteiger partial charge in [-0.2, -0.15) is 4.31 Å². The highest BCUT2D eigenvalue weighted by Gasteiger charge is 2.42. The van der Waals surface area contributed by atoms with E-state index in [0.29, 0.717) is 35.9 Å². The number of carbonyl (C=O) groups is 1. The molecule has 2 aromatic rings. The lowest BCUT2D eigenvalue weighted by Crippen LogP contribution is -2.50. The van der Waals surface area contributed by atoms with Gasteiger partial charge < -0.3 is 15.2 Å². The van der Waals surface area contributed by atoms with E-state index in [0.717, 1.165) is 5.56 Å². The predicted molar refractivity (Wildman–Crippen MR) is 119 cm³/mol. The lowest BCUT2D eigenvalue weighted by Gasteiger charge is -2.41. The summed E-state index contributed by atoms with van der Waals surface area (Å²) in [7, 11) is -2.28. The van der Waals surface area contributed by atoms with Gasteiger partial charge in [0.2, 0.25) is 15.9 Å². The molecule has 3 rings (SSSR count). The molecule has 0 spiro atoms. The Balaban J connectivity index is 1.84. The molecule has 1 atom stereocenters. The number of ether oxygens (including phenoxy) is 2. The molecule has 2 aromatic carbocycles. The molecule has 2 N–H and O–H groups in total. The SMILES string of the molecule is COc1cccc(S(=O)(=O)N2CCC[C@](COc3ccc(Cl)c(C)c3)(CC(N)=O)C2)c1. The number of methoxy groups -OCH3 is 1. The van der Waals surface area contributed by atoms with Crippen molar-refractivity contribution in [1.82, 2.24) is 4.31 Å². The first-order valence-electron chi connectivity index (χ1n) is 9.97. The Kier molecular flexibility index (Phi) is 7.13. The maximum Gasteiger partial charge on any atom is 0.243 e. The van der Waals surface area contributed by atoms with Gasteiger partial charge in [-0.05, 0) is 55.7 Å². The first-order chi connectivity index (χ1) is 14.6. The second-order valence-corrected chi connectivity index (χ2v) is 10.3. The van der Waals surface area contributed by atoms with Gasteiger partial charge >= 0.3 is 0 Å². The van der Waals surface area contributed by atoms with Crippen molar-refractivity contribution in [1.29, 1.82) is 0 Å². The molecule has 0 saturated carbocycles. The van der Waals surface area contributed by atoms with Crippen LogP contribution in [0.25, 0.3) is 0 Å². The quantitative estimate of drug-likeness (QED) is 0.642. The van der Waals surface area contributed by atoms with Crippen molar-refractivity contribution in [3.8, 4) is 11.5 Å². The number of amides is 1. The van der Waals surface area contributed by atoms with Crippen molar-refractivity contribution in [2.75, 3.05) is 26.8 Å². The number of piperidine rings is 1. The third kappa shape index (κ3) is 5.50. The van der Waals surface area contributed by atoms with E-state index in [2.05, 4.69) is 0 Å². The summed E-state index contributed by atoms with van der Waals surface area (Å²) < 4.78 is 39.1. The average molecular weight is 467 g/mol. The summed E-state index contributed by atoms with van der Waals surface area (Å²) in [6, 6.07) is 11.7. The molecule has 7 nitrogen and oxygen atoms in total. The number of primary amides is 1. The number of nitrogens with zero attached hydrogens (tertiary/aromatic N) is 1. The molecule has 168 valence electrons. The molecule has 1 fully saturated rings. The summed E-state index contributed by atoms with van der Waals surface area (Å²) in [6.45, 7) is 2.54. The van der Waals surface area contributed by atoms with E-state index in [1.807, 2.05) is 13.0 Å². The van der Waals surface area contributed by atoms with Crippen molar-refractivity contribution < 1.29 is 22.7 Å². The normalized spacial score (nSPS) is 19.7. The first kappa shape index (κ1) is 23.4. The highest BCUT2D eigenvalue weighted by atomic mass is 35.5. The standard InChI is InChI=1S/C22H27ClN2O5S/c1-16-11-18(7-8-20(16)23)30-15-22(13-21(24)26)9-4-10-25(14-22)31(27,28)19-6-3-5-17(12-19)29-2/h3,5-8,11-12H,4,9-10,13-15H2,1-2H3,(H2,24,26)/t22-/m0/s1. The van der Waals surface area contributed by atoms with Crippen LogP contribution in [0.4, 0.5) is 0 Å². The maximum absolute atomic E-state index is 13.3. The van der Waals surface area contributed by atoms with Crippen molar-refractivity contribution >= 4 is 27.5 Å².